The van der Waals surface area contributed by atoms with Crippen LogP contribution in [-0.2, 0) is 4.74 Å². The van der Waals surface area contributed by atoms with Crippen molar-refractivity contribution in [2.75, 3.05) is 7.11 Å². The predicted molar refractivity (Wildman–Crippen MR) is 97.8 cm³/mol. The van der Waals surface area contributed by atoms with E-state index in [9.17, 15) is 19.7 Å². The second-order valence-corrected chi connectivity index (χ2v) is 6.61. The van der Waals surface area contributed by atoms with E-state index in [2.05, 4.69) is 0 Å². The largest absolute Gasteiger partial charge is 0.483 e. The fraction of sp³-hybridized carbons (Fsp3) is 0.263. The van der Waals surface area contributed by atoms with E-state index in [1.54, 1.807) is 25.1 Å². The molecule has 0 amide bonds. The molecule has 3 rings (SSSR count). The predicted octanol–water partition coefficient (Wildman–Crippen LogP) is 2.99. The number of hydrogen-bond acceptors (Lipinski definition) is 6. The number of aromatic nitrogens is 1. The Labute approximate surface area is 154 Å². The molecule has 2 heterocycles. The second-order valence-electron chi connectivity index (χ2n) is 6.61. The van der Waals surface area contributed by atoms with E-state index in [1.807, 2.05) is 13.8 Å². The molecule has 1 aromatic heterocycles. The van der Waals surface area contributed by atoms with Crippen molar-refractivity contribution in [1.82, 2.24) is 4.57 Å². The number of ether oxygens (including phenoxy) is 2. The van der Waals surface area contributed by atoms with Crippen LogP contribution in [0.5, 0.6) is 5.75 Å². The summed E-state index contributed by atoms with van der Waals surface area (Å²) >= 11 is 0. The Morgan fingerprint density at radius 2 is 2.00 bits per heavy atom. The summed E-state index contributed by atoms with van der Waals surface area (Å²) in [6.45, 7) is 5.46. The number of nitro groups is 1. The van der Waals surface area contributed by atoms with Crippen LogP contribution in [0.25, 0.3) is 5.70 Å². The highest BCUT2D eigenvalue weighted by Crippen LogP contribution is 2.41. The number of carbonyl (C=O) groups is 1. The molecule has 2 aromatic rings. The topological polar surface area (TPSA) is 101 Å². The van der Waals surface area contributed by atoms with Gasteiger partial charge in [0.05, 0.1) is 23.3 Å². The van der Waals surface area contributed by atoms with Gasteiger partial charge in [0.15, 0.2) is 0 Å². The zero-order chi connectivity index (χ0) is 19.9. The van der Waals surface area contributed by atoms with Crippen LogP contribution < -0.4 is 10.3 Å². The highest BCUT2D eigenvalue weighted by molar-refractivity contribution is 5.91. The van der Waals surface area contributed by atoms with Crippen molar-refractivity contribution in [2.24, 2.45) is 0 Å². The van der Waals surface area contributed by atoms with Crippen molar-refractivity contribution in [2.45, 2.75) is 26.4 Å². The standard InChI is InChI=1S/C19H18N2O6/c1-11-16(20-9-5-6-14(17(20)22)21(24)25)13-10-12(18(23)26-4)7-8-15(13)27-19(11,2)3/h5-10H,1-4H3. The van der Waals surface area contributed by atoms with E-state index in [1.165, 1.54) is 23.9 Å². The van der Waals surface area contributed by atoms with Crippen molar-refractivity contribution < 1.29 is 19.2 Å². The quantitative estimate of drug-likeness (QED) is 0.468. The lowest BCUT2D eigenvalue weighted by Crippen LogP contribution is -2.36. The van der Waals surface area contributed by atoms with Gasteiger partial charge in [0, 0.05) is 17.8 Å². The molecule has 0 saturated heterocycles. The number of carbonyl (C=O) groups excluding carboxylic acids is 1. The van der Waals surface area contributed by atoms with Gasteiger partial charge in [-0.25, -0.2) is 4.79 Å². The number of benzene rings is 1. The van der Waals surface area contributed by atoms with E-state index in [0.717, 1.165) is 6.07 Å². The molecule has 0 unspecified atom stereocenters. The van der Waals surface area contributed by atoms with Gasteiger partial charge in [-0.2, -0.15) is 0 Å². The molecule has 140 valence electrons. The van der Waals surface area contributed by atoms with Crippen LogP contribution >= 0.6 is 0 Å². The fourth-order valence-corrected chi connectivity index (χ4v) is 3.00. The summed E-state index contributed by atoms with van der Waals surface area (Å²) in [6.07, 6.45) is 1.46. The molecule has 0 fully saturated rings. The molecule has 0 N–H and O–H groups in total. The van der Waals surface area contributed by atoms with Crippen LogP contribution in [0.2, 0.25) is 0 Å². The van der Waals surface area contributed by atoms with E-state index in [4.69, 9.17) is 9.47 Å². The first-order chi connectivity index (χ1) is 12.7. The van der Waals surface area contributed by atoms with Gasteiger partial charge in [-0.1, -0.05) is 0 Å². The minimum absolute atomic E-state index is 0.281. The highest BCUT2D eigenvalue weighted by Gasteiger charge is 2.34. The number of nitrogens with zero attached hydrogens (tertiary/aromatic N) is 2. The zero-order valence-electron chi connectivity index (χ0n) is 15.3. The van der Waals surface area contributed by atoms with Crippen LogP contribution in [-0.4, -0.2) is 28.2 Å². The van der Waals surface area contributed by atoms with E-state index < -0.39 is 27.7 Å². The number of pyridine rings is 1. The molecule has 8 nitrogen and oxygen atoms in total. The molecule has 0 radical (unpaired) electrons. The van der Waals surface area contributed by atoms with Crippen molar-refractivity contribution in [3.63, 3.8) is 0 Å². The minimum atomic E-state index is -0.760. The maximum atomic E-state index is 12.7. The number of hydrogen-bond donors (Lipinski definition) is 0. The third kappa shape index (κ3) is 2.99. The van der Waals surface area contributed by atoms with Gasteiger partial charge in [0.2, 0.25) is 0 Å². The number of rotatable bonds is 3. The van der Waals surface area contributed by atoms with Crippen molar-refractivity contribution in [3.05, 3.63) is 73.7 Å². The lowest BCUT2D eigenvalue weighted by atomic mass is 9.90. The van der Waals surface area contributed by atoms with Gasteiger partial charge in [-0.15, -0.1) is 0 Å². The van der Waals surface area contributed by atoms with E-state index in [0.29, 0.717) is 22.6 Å². The summed E-state index contributed by atoms with van der Waals surface area (Å²) in [5.74, 6) is -0.0716. The number of fused-ring (bicyclic) bond motifs is 1. The molecule has 8 heteroatoms. The maximum Gasteiger partial charge on any atom is 0.337 e. The SMILES string of the molecule is COC(=O)c1ccc2c(c1)C(n1cccc([N+](=O)[O-])c1=O)=C(C)C(C)(C)O2. The Hall–Kier alpha value is -3.42. The minimum Gasteiger partial charge on any atom is -0.483 e. The van der Waals surface area contributed by atoms with Crippen molar-refractivity contribution in [3.8, 4) is 5.75 Å². The fourth-order valence-electron chi connectivity index (χ4n) is 3.00. The average molecular weight is 370 g/mol. The summed E-state index contributed by atoms with van der Waals surface area (Å²) in [4.78, 5) is 35.1. The summed E-state index contributed by atoms with van der Waals surface area (Å²) < 4.78 is 12.0. The zero-order valence-corrected chi connectivity index (χ0v) is 15.3. The Balaban J connectivity index is 2.34. The second kappa shape index (κ2) is 6.39. The third-order valence-corrected chi connectivity index (χ3v) is 4.64. The summed E-state index contributed by atoms with van der Waals surface area (Å²) in [5, 5.41) is 11.2. The Kier molecular flexibility index (Phi) is 4.35. The maximum absolute atomic E-state index is 12.7. The molecule has 1 aliphatic heterocycles. The van der Waals surface area contributed by atoms with Gasteiger partial charge >= 0.3 is 17.2 Å². The molecule has 0 aliphatic carbocycles. The Morgan fingerprint density at radius 3 is 2.63 bits per heavy atom. The third-order valence-electron chi connectivity index (χ3n) is 4.64. The molecule has 0 spiro atoms. The van der Waals surface area contributed by atoms with Crippen LogP contribution in [0.15, 0.2) is 46.9 Å². The smallest absolute Gasteiger partial charge is 0.337 e. The molecule has 0 bridgehead atoms. The Morgan fingerprint density at radius 1 is 1.30 bits per heavy atom. The van der Waals surface area contributed by atoms with E-state index >= 15 is 0 Å². The van der Waals surface area contributed by atoms with Crippen molar-refractivity contribution >= 4 is 17.4 Å². The van der Waals surface area contributed by atoms with Gasteiger partial charge < -0.3 is 9.47 Å². The van der Waals surface area contributed by atoms with Gasteiger partial charge in [0.25, 0.3) is 0 Å². The Bertz CT molecular complexity index is 1050. The monoisotopic (exact) mass is 370 g/mol. The van der Waals surface area contributed by atoms with Gasteiger partial charge in [0.1, 0.15) is 11.4 Å². The van der Waals surface area contributed by atoms with Crippen LogP contribution in [0.4, 0.5) is 5.69 Å². The van der Waals surface area contributed by atoms with Crippen molar-refractivity contribution in [1.29, 1.82) is 0 Å². The van der Waals surface area contributed by atoms with E-state index in [-0.39, 0.29) is 5.56 Å². The lowest BCUT2D eigenvalue weighted by molar-refractivity contribution is -0.386. The van der Waals surface area contributed by atoms with Gasteiger partial charge in [-0.05, 0) is 50.6 Å². The lowest BCUT2D eigenvalue weighted by Gasteiger charge is -2.36. The van der Waals surface area contributed by atoms with Gasteiger partial charge in [-0.3, -0.25) is 19.5 Å². The summed E-state index contributed by atoms with van der Waals surface area (Å²) in [5.41, 5.74) is -0.142. The molecule has 0 saturated carbocycles. The first-order valence-corrected chi connectivity index (χ1v) is 8.17. The molecular formula is C19H18N2O6. The molecule has 0 atom stereocenters. The highest BCUT2D eigenvalue weighted by atomic mass is 16.6. The molecule has 1 aromatic carbocycles. The summed E-state index contributed by atoms with van der Waals surface area (Å²) in [7, 11) is 1.27. The van der Waals surface area contributed by atoms with Crippen LogP contribution in [0.3, 0.4) is 0 Å². The average Bonchev–Trinajstić information content (AvgIpc) is 2.62. The van der Waals surface area contributed by atoms with Crippen LogP contribution in [0.1, 0.15) is 36.7 Å². The molecule has 1 aliphatic rings. The first-order valence-electron chi connectivity index (χ1n) is 8.17. The molecular weight excluding hydrogens is 352 g/mol. The van der Waals surface area contributed by atoms with Crippen LogP contribution in [0, 0.1) is 10.1 Å². The number of methoxy groups -OCH3 is 1. The normalized spacial score (nSPS) is 15.0. The number of esters is 1. The first kappa shape index (κ1) is 18.4. The summed E-state index contributed by atoms with van der Waals surface area (Å²) in [6, 6.07) is 7.34. The molecule has 27 heavy (non-hydrogen) atoms.